The Morgan fingerprint density at radius 2 is 2.21 bits per heavy atom. The molecule has 174 valence electrons. The van der Waals surface area contributed by atoms with Crippen LogP contribution in [0, 0.1) is 11.7 Å². The van der Waals surface area contributed by atoms with Gasteiger partial charge in [-0.25, -0.2) is 9.18 Å². The van der Waals surface area contributed by atoms with Gasteiger partial charge < -0.3 is 20.1 Å². The second-order valence-electron chi connectivity index (χ2n) is 7.47. The number of carbonyl (C=O) groups excluding carboxylic acids is 1. The molecule has 11 heteroatoms. The number of aromatic amines is 1. The van der Waals surface area contributed by atoms with E-state index in [-0.39, 0.29) is 40.5 Å². The highest BCUT2D eigenvalue weighted by atomic mass is 35.5. The van der Waals surface area contributed by atoms with E-state index in [9.17, 15) is 14.0 Å². The molecule has 9 nitrogen and oxygen atoms in total. The van der Waals surface area contributed by atoms with Gasteiger partial charge in [0, 0.05) is 25.6 Å². The predicted octanol–water partition coefficient (Wildman–Crippen LogP) is 2.54. The van der Waals surface area contributed by atoms with Crippen LogP contribution in [0.15, 0.2) is 45.7 Å². The van der Waals surface area contributed by atoms with Crippen LogP contribution in [-0.4, -0.2) is 49.4 Å². The third kappa shape index (κ3) is 5.08. The Bertz CT molecular complexity index is 1200. The van der Waals surface area contributed by atoms with Crippen molar-refractivity contribution in [3.05, 3.63) is 68.9 Å². The van der Waals surface area contributed by atoms with E-state index in [0.29, 0.717) is 30.8 Å². The molecule has 1 amide bonds. The number of H-pyrrole nitrogens is 1. The molecule has 1 fully saturated rings. The summed E-state index contributed by atoms with van der Waals surface area (Å²) in [5, 5.41) is 9.87. The normalized spacial score (nSPS) is 18.5. The molecule has 3 aromatic rings. The quantitative estimate of drug-likeness (QED) is 0.500. The molecule has 0 bridgehead atoms. The van der Waals surface area contributed by atoms with Crippen LogP contribution in [-0.2, 0) is 4.74 Å². The molecule has 1 saturated heterocycles. The standard InChI is InChI=1S/C22H22ClFN4O5/c1-31-19-14(20-27-22(30)33-28-20)3-2-4-15(19)21(29)26-11-13-10-25-7-8-32-18(13)12-5-6-16(23)17(24)9-12/h2-6,9,13,18,25H,7-8,10-11H2,1H3,(H,26,29)(H,27,28,30)/t13-,18-/m0/s1. The Morgan fingerprint density at radius 3 is 2.94 bits per heavy atom. The topological polar surface area (TPSA) is 118 Å². The van der Waals surface area contributed by atoms with Crippen LogP contribution in [0.1, 0.15) is 22.0 Å². The van der Waals surface area contributed by atoms with Crippen molar-refractivity contribution in [3.63, 3.8) is 0 Å². The minimum Gasteiger partial charge on any atom is -0.495 e. The van der Waals surface area contributed by atoms with Crippen molar-refractivity contribution in [2.24, 2.45) is 5.92 Å². The van der Waals surface area contributed by atoms with E-state index < -0.39 is 17.7 Å². The molecule has 3 N–H and O–H groups in total. The van der Waals surface area contributed by atoms with Crippen LogP contribution in [0.3, 0.4) is 0 Å². The number of amides is 1. The van der Waals surface area contributed by atoms with Crippen LogP contribution in [0.25, 0.3) is 11.4 Å². The van der Waals surface area contributed by atoms with Gasteiger partial charge in [-0.3, -0.25) is 14.3 Å². The SMILES string of the molecule is COc1c(C(=O)NC[C@@H]2CNCCO[C@H]2c2ccc(Cl)c(F)c2)cccc1-c1noc(=O)[nH]1. The number of rotatable bonds is 6. The summed E-state index contributed by atoms with van der Waals surface area (Å²) in [6, 6.07) is 9.48. The van der Waals surface area contributed by atoms with Crippen LogP contribution in [0.2, 0.25) is 5.02 Å². The highest BCUT2D eigenvalue weighted by Crippen LogP contribution is 2.32. The van der Waals surface area contributed by atoms with Gasteiger partial charge >= 0.3 is 5.76 Å². The van der Waals surface area contributed by atoms with E-state index in [1.54, 1.807) is 24.3 Å². The van der Waals surface area contributed by atoms with Crippen LogP contribution < -0.4 is 21.1 Å². The summed E-state index contributed by atoms with van der Waals surface area (Å²) in [6.07, 6.45) is -0.430. The van der Waals surface area contributed by atoms with Gasteiger partial charge in [0.05, 0.1) is 36.0 Å². The molecule has 0 unspecified atom stereocenters. The number of methoxy groups -OCH3 is 1. The van der Waals surface area contributed by atoms with Crippen LogP contribution in [0.4, 0.5) is 4.39 Å². The molecule has 0 saturated carbocycles. The number of aromatic nitrogens is 2. The third-order valence-corrected chi connectivity index (χ3v) is 5.67. The van der Waals surface area contributed by atoms with Crippen molar-refractivity contribution >= 4 is 17.5 Å². The molecule has 1 aromatic heterocycles. The Kier molecular flexibility index (Phi) is 7.07. The van der Waals surface area contributed by atoms with E-state index in [2.05, 4.69) is 25.3 Å². The Hall–Kier alpha value is -3.21. The van der Waals surface area contributed by atoms with E-state index in [0.717, 1.165) is 0 Å². The first-order chi connectivity index (χ1) is 16.0. The van der Waals surface area contributed by atoms with Crippen molar-refractivity contribution in [2.75, 3.05) is 33.4 Å². The zero-order valence-corrected chi connectivity index (χ0v) is 18.4. The summed E-state index contributed by atoms with van der Waals surface area (Å²) in [5.74, 6) is -1.40. The van der Waals surface area contributed by atoms with Gasteiger partial charge in [-0.15, -0.1) is 0 Å². The van der Waals surface area contributed by atoms with Gasteiger partial charge in [0.2, 0.25) is 0 Å². The monoisotopic (exact) mass is 476 g/mol. The molecule has 33 heavy (non-hydrogen) atoms. The van der Waals surface area contributed by atoms with Crippen LogP contribution in [0.5, 0.6) is 5.75 Å². The van der Waals surface area contributed by atoms with Gasteiger partial charge in [0.1, 0.15) is 11.6 Å². The lowest BCUT2D eigenvalue weighted by Crippen LogP contribution is -2.36. The molecular weight excluding hydrogens is 455 g/mol. The first-order valence-electron chi connectivity index (χ1n) is 10.3. The molecule has 0 spiro atoms. The lowest BCUT2D eigenvalue weighted by molar-refractivity contribution is 0.0303. The zero-order chi connectivity index (χ0) is 23.4. The van der Waals surface area contributed by atoms with Crippen molar-refractivity contribution in [1.29, 1.82) is 0 Å². The average Bonchev–Trinajstić information content (AvgIpc) is 3.11. The second kappa shape index (κ2) is 10.2. The number of carbonyl (C=O) groups is 1. The minimum absolute atomic E-state index is 0.0378. The van der Waals surface area contributed by atoms with Crippen molar-refractivity contribution in [2.45, 2.75) is 6.10 Å². The molecule has 4 rings (SSSR count). The Labute approximate surface area is 193 Å². The first kappa shape index (κ1) is 23.0. The van der Waals surface area contributed by atoms with Crippen molar-refractivity contribution in [3.8, 4) is 17.1 Å². The molecule has 0 radical (unpaired) electrons. The Balaban J connectivity index is 1.54. The fourth-order valence-corrected chi connectivity index (χ4v) is 3.93. The van der Waals surface area contributed by atoms with Gasteiger partial charge in [0.25, 0.3) is 5.91 Å². The summed E-state index contributed by atoms with van der Waals surface area (Å²) >= 11 is 5.82. The Morgan fingerprint density at radius 1 is 1.36 bits per heavy atom. The average molecular weight is 477 g/mol. The summed E-state index contributed by atoms with van der Waals surface area (Å²) < 4.78 is 30.0. The molecular formula is C22H22ClFN4O5. The van der Waals surface area contributed by atoms with Crippen molar-refractivity contribution < 1.29 is 23.2 Å². The molecule has 2 heterocycles. The van der Waals surface area contributed by atoms with Gasteiger partial charge in [-0.2, -0.15) is 0 Å². The highest BCUT2D eigenvalue weighted by Gasteiger charge is 2.28. The minimum atomic E-state index is -0.715. The van der Waals surface area contributed by atoms with Gasteiger partial charge in [-0.1, -0.05) is 28.9 Å². The molecule has 2 atom stereocenters. The highest BCUT2D eigenvalue weighted by molar-refractivity contribution is 6.30. The lowest BCUT2D eigenvalue weighted by atomic mass is 9.95. The number of hydrogen-bond donors (Lipinski definition) is 3. The summed E-state index contributed by atoms with van der Waals surface area (Å²) in [4.78, 5) is 26.8. The van der Waals surface area contributed by atoms with E-state index >= 15 is 0 Å². The third-order valence-electron chi connectivity index (χ3n) is 5.37. The van der Waals surface area contributed by atoms with Crippen molar-refractivity contribution in [1.82, 2.24) is 20.8 Å². The van der Waals surface area contributed by atoms with E-state index in [4.69, 9.17) is 21.1 Å². The van der Waals surface area contributed by atoms with E-state index in [1.807, 2.05) is 0 Å². The number of nitrogens with zero attached hydrogens (tertiary/aromatic N) is 1. The summed E-state index contributed by atoms with van der Waals surface area (Å²) in [6.45, 7) is 1.91. The maximum atomic E-state index is 14.0. The maximum Gasteiger partial charge on any atom is 0.439 e. The van der Waals surface area contributed by atoms with Gasteiger partial charge in [-0.05, 0) is 29.8 Å². The predicted molar refractivity (Wildman–Crippen MR) is 118 cm³/mol. The number of nitrogens with one attached hydrogen (secondary N) is 3. The largest absolute Gasteiger partial charge is 0.495 e. The molecule has 2 aromatic carbocycles. The summed E-state index contributed by atoms with van der Waals surface area (Å²) in [7, 11) is 1.42. The summed E-state index contributed by atoms with van der Waals surface area (Å²) in [5.41, 5.74) is 1.31. The van der Waals surface area contributed by atoms with Crippen LogP contribution >= 0.6 is 11.6 Å². The zero-order valence-electron chi connectivity index (χ0n) is 17.7. The first-order valence-corrected chi connectivity index (χ1v) is 10.6. The molecule has 1 aliphatic heterocycles. The number of halogens is 2. The number of benzene rings is 2. The lowest BCUT2D eigenvalue weighted by Gasteiger charge is -2.26. The fourth-order valence-electron chi connectivity index (χ4n) is 3.81. The maximum absolute atomic E-state index is 14.0. The smallest absolute Gasteiger partial charge is 0.439 e. The molecule has 1 aliphatic rings. The number of para-hydroxylation sites is 1. The van der Waals surface area contributed by atoms with E-state index in [1.165, 1.54) is 19.2 Å². The molecule has 0 aliphatic carbocycles. The second-order valence-corrected chi connectivity index (χ2v) is 7.88. The number of hydrogen-bond acceptors (Lipinski definition) is 7. The van der Waals surface area contributed by atoms with Gasteiger partial charge in [0.15, 0.2) is 5.82 Å². The fraction of sp³-hybridized carbons (Fsp3) is 0.318. The number of ether oxygens (including phenoxy) is 2.